The molecule has 8 nitrogen and oxygen atoms in total. The van der Waals surface area contributed by atoms with Gasteiger partial charge in [0.25, 0.3) is 11.8 Å². The standard InChI is InChI=1S/C22H21N5O3/c1-2-5-15-8-10-16(11-9-15)19(28)14-27-24-20(23-25-27)12-13-26-21(29)17-6-3-4-7-18(17)22(26)30/h3-4,6-11H,2,5,12-14H2,1H3. The van der Waals surface area contributed by atoms with Crippen LogP contribution in [0.4, 0.5) is 0 Å². The maximum atomic E-state index is 12.4. The maximum absolute atomic E-state index is 12.4. The number of carbonyl (C=O) groups excluding carboxylic acids is 3. The van der Waals surface area contributed by atoms with Crippen molar-refractivity contribution in [1.29, 1.82) is 0 Å². The van der Waals surface area contributed by atoms with Gasteiger partial charge in [0, 0.05) is 18.5 Å². The molecule has 0 saturated carbocycles. The van der Waals surface area contributed by atoms with E-state index in [9.17, 15) is 14.4 Å². The summed E-state index contributed by atoms with van der Waals surface area (Å²) in [6, 6.07) is 14.3. The zero-order valence-electron chi connectivity index (χ0n) is 16.6. The number of carbonyl (C=O) groups is 3. The van der Waals surface area contributed by atoms with Crippen molar-refractivity contribution < 1.29 is 14.4 Å². The number of rotatable bonds is 8. The highest BCUT2D eigenvalue weighted by Crippen LogP contribution is 2.22. The number of tetrazole rings is 1. The first-order valence-electron chi connectivity index (χ1n) is 9.91. The quantitative estimate of drug-likeness (QED) is 0.423. The molecule has 152 valence electrons. The lowest BCUT2D eigenvalue weighted by Gasteiger charge is -2.11. The molecule has 0 saturated heterocycles. The molecule has 0 N–H and O–H groups in total. The van der Waals surface area contributed by atoms with Gasteiger partial charge >= 0.3 is 0 Å². The third kappa shape index (κ3) is 3.89. The molecular formula is C22H21N5O3. The van der Waals surface area contributed by atoms with Crippen LogP contribution in [0.3, 0.4) is 0 Å². The maximum Gasteiger partial charge on any atom is 0.261 e. The predicted octanol–water partition coefficient (Wildman–Crippen LogP) is 2.35. The first-order chi connectivity index (χ1) is 14.6. The van der Waals surface area contributed by atoms with Crippen molar-refractivity contribution >= 4 is 17.6 Å². The Balaban J connectivity index is 1.35. The van der Waals surface area contributed by atoms with Crippen LogP contribution >= 0.6 is 0 Å². The number of ketones is 1. The summed E-state index contributed by atoms with van der Waals surface area (Å²) in [7, 11) is 0. The summed E-state index contributed by atoms with van der Waals surface area (Å²) in [5.74, 6) is -0.366. The van der Waals surface area contributed by atoms with Crippen molar-refractivity contribution in [3.8, 4) is 0 Å². The van der Waals surface area contributed by atoms with Gasteiger partial charge in [0.2, 0.25) is 0 Å². The van der Waals surface area contributed by atoms with Gasteiger partial charge in [-0.3, -0.25) is 19.3 Å². The molecule has 0 atom stereocenters. The van der Waals surface area contributed by atoms with Crippen LogP contribution in [-0.2, 0) is 19.4 Å². The molecule has 2 heterocycles. The average molecular weight is 403 g/mol. The van der Waals surface area contributed by atoms with Crippen molar-refractivity contribution in [2.75, 3.05) is 6.54 Å². The topological polar surface area (TPSA) is 98.0 Å². The molecule has 0 bridgehead atoms. The van der Waals surface area contributed by atoms with Gasteiger partial charge in [0.1, 0.15) is 6.54 Å². The number of aryl methyl sites for hydroxylation is 1. The van der Waals surface area contributed by atoms with Crippen LogP contribution in [0.5, 0.6) is 0 Å². The smallest absolute Gasteiger partial charge is 0.261 e. The molecule has 0 unspecified atom stereocenters. The molecule has 0 fully saturated rings. The third-order valence-corrected chi connectivity index (χ3v) is 5.03. The Hall–Kier alpha value is -3.68. The number of fused-ring (bicyclic) bond motifs is 1. The molecule has 0 radical (unpaired) electrons. The minimum Gasteiger partial charge on any atom is -0.292 e. The number of Topliss-reactive ketones (excluding diaryl/α,β-unsaturated/α-hetero) is 1. The minimum absolute atomic E-state index is 0.0207. The molecule has 3 aromatic rings. The van der Waals surface area contributed by atoms with E-state index in [4.69, 9.17) is 0 Å². The zero-order chi connectivity index (χ0) is 21.1. The predicted molar refractivity (Wildman–Crippen MR) is 108 cm³/mol. The van der Waals surface area contributed by atoms with Crippen molar-refractivity contribution in [1.82, 2.24) is 25.1 Å². The average Bonchev–Trinajstić information content (AvgIpc) is 3.30. The SMILES string of the molecule is CCCc1ccc(C(=O)Cn2nnc(CCN3C(=O)c4ccccc4C3=O)n2)cc1. The van der Waals surface area contributed by atoms with Crippen molar-refractivity contribution in [3.63, 3.8) is 0 Å². The van der Waals surface area contributed by atoms with E-state index in [1.54, 1.807) is 24.3 Å². The Morgan fingerprint density at radius 3 is 2.23 bits per heavy atom. The molecule has 1 aliphatic heterocycles. The Labute approximate surface area is 173 Å². The lowest BCUT2D eigenvalue weighted by Crippen LogP contribution is -2.32. The van der Waals surface area contributed by atoms with Gasteiger partial charge in [0.15, 0.2) is 11.6 Å². The van der Waals surface area contributed by atoms with Gasteiger partial charge < -0.3 is 0 Å². The molecule has 1 aromatic heterocycles. The zero-order valence-corrected chi connectivity index (χ0v) is 16.6. The fourth-order valence-corrected chi connectivity index (χ4v) is 3.46. The van der Waals surface area contributed by atoms with Crippen molar-refractivity contribution in [3.05, 3.63) is 76.6 Å². The molecule has 30 heavy (non-hydrogen) atoms. The highest BCUT2D eigenvalue weighted by atomic mass is 16.2. The second-order valence-electron chi connectivity index (χ2n) is 7.16. The largest absolute Gasteiger partial charge is 0.292 e. The van der Waals surface area contributed by atoms with Crippen LogP contribution in [0.2, 0.25) is 0 Å². The molecule has 0 aliphatic carbocycles. The fourth-order valence-electron chi connectivity index (χ4n) is 3.46. The Bertz CT molecular complexity index is 1070. The summed E-state index contributed by atoms with van der Waals surface area (Å²) in [6.45, 7) is 2.25. The molecule has 2 aromatic carbocycles. The molecule has 0 spiro atoms. The second kappa shape index (κ2) is 8.36. The highest BCUT2D eigenvalue weighted by Gasteiger charge is 2.34. The fraction of sp³-hybridized carbons (Fsp3) is 0.273. The van der Waals surface area contributed by atoms with E-state index in [1.807, 2.05) is 24.3 Å². The molecule has 2 amide bonds. The summed E-state index contributed by atoms with van der Waals surface area (Å²) >= 11 is 0. The Kier molecular flexibility index (Phi) is 5.47. The van der Waals surface area contributed by atoms with Gasteiger partial charge in [-0.2, -0.15) is 4.80 Å². The van der Waals surface area contributed by atoms with Crippen LogP contribution in [0.25, 0.3) is 0 Å². The van der Waals surface area contributed by atoms with Gasteiger partial charge in [0.05, 0.1) is 11.1 Å². The van der Waals surface area contributed by atoms with Crippen molar-refractivity contribution in [2.24, 2.45) is 0 Å². The summed E-state index contributed by atoms with van der Waals surface area (Å²) < 4.78 is 0. The monoisotopic (exact) mass is 403 g/mol. The highest BCUT2D eigenvalue weighted by molar-refractivity contribution is 6.21. The number of aromatic nitrogens is 4. The van der Waals surface area contributed by atoms with E-state index < -0.39 is 0 Å². The molecule has 1 aliphatic rings. The molecular weight excluding hydrogens is 382 g/mol. The van der Waals surface area contributed by atoms with Gasteiger partial charge in [-0.25, -0.2) is 0 Å². The van der Waals surface area contributed by atoms with E-state index in [2.05, 4.69) is 22.3 Å². The third-order valence-electron chi connectivity index (χ3n) is 5.03. The van der Waals surface area contributed by atoms with E-state index in [0.29, 0.717) is 22.5 Å². The van der Waals surface area contributed by atoms with Crippen LogP contribution in [0.1, 0.15) is 55.8 Å². The lowest BCUT2D eigenvalue weighted by molar-refractivity contribution is 0.0655. The minimum atomic E-state index is -0.315. The number of benzene rings is 2. The first-order valence-corrected chi connectivity index (χ1v) is 9.91. The summed E-state index contributed by atoms with van der Waals surface area (Å²) in [6.07, 6.45) is 2.31. The van der Waals surface area contributed by atoms with Crippen molar-refractivity contribution in [2.45, 2.75) is 32.7 Å². The molecule has 4 rings (SSSR count). The number of hydrogen-bond donors (Lipinski definition) is 0. The Morgan fingerprint density at radius 1 is 0.933 bits per heavy atom. The summed E-state index contributed by atoms with van der Waals surface area (Å²) in [5, 5.41) is 12.1. The van der Waals surface area contributed by atoms with Gasteiger partial charge in [-0.05, 0) is 29.3 Å². The van der Waals surface area contributed by atoms with E-state index in [0.717, 1.165) is 12.8 Å². The van der Waals surface area contributed by atoms with Crippen LogP contribution in [-0.4, -0.2) is 49.2 Å². The number of amides is 2. The number of imide groups is 1. The number of nitrogens with zero attached hydrogens (tertiary/aromatic N) is 5. The van der Waals surface area contributed by atoms with Crippen LogP contribution < -0.4 is 0 Å². The van der Waals surface area contributed by atoms with Crippen LogP contribution in [0, 0.1) is 0 Å². The van der Waals surface area contributed by atoms with E-state index in [1.165, 1.54) is 15.3 Å². The van der Waals surface area contributed by atoms with Gasteiger partial charge in [-0.15, -0.1) is 10.2 Å². The molecule has 8 heteroatoms. The Morgan fingerprint density at radius 2 is 1.60 bits per heavy atom. The lowest BCUT2D eigenvalue weighted by atomic mass is 10.1. The summed E-state index contributed by atoms with van der Waals surface area (Å²) in [5.41, 5.74) is 2.62. The second-order valence-corrected chi connectivity index (χ2v) is 7.16. The van der Waals surface area contributed by atoms with Crippen LogP contribution in [0.15, 0.2) is 48.5 Å². The van der Waals surface area contributed by atoms with E-state index in [-0.39, 0.29) is 37.1 Å². The van der Waals surface area contributed by atoms with E-state index >= 15 is 0 Å². The first kappa shape index (κ1) is 19.6. The summed E-state index contributed by atoms with van der Waals surface area (Å²) in [4.78, 5) is 39.7. The number of hydrogen-bond acceptors (Lipinski definition) is 6. The normalized spacial score (nSPS) is 13.0. The van der Waals surface area contributed by atoms with Gasteiger partial charge in [-0.1, -0.05) is 49.7 Å².